The van der Waals surface area contributed by atoms with Gasteiger partial charge in [-0.05, 0) is 60.5 Å². The number of aromatic nitrogens is 4. The monoisotopic (exact) mass is 382 g/mol. The predicted molar refractivity (Wildman–Crippen MR) is 94.2 cm³/mol. The molecule has 0 amide bonds. The molecular weight excluding hydrogens is 365 g/mol. The standard InChI is InChI=1S/C18H18ClF3N4/c1-2-4-12-10-23-17(19)26-13(12)6-3-5-11-7-8-14-15(9-11)25-16(24-14)18(20,21)22/h7-10H,2-6H2,1H3,(H,24,25). The molecule has 3 aromatic rings. The van der Waals surface area contributed by atoms with Crippen LogP contribution in [0.2, 0.25) is 5.28 Å². The SMILES string of the molecule is CCCc1cnc(Cl)nc1CCCc1ccc2nc(C(F)(F)F)[nH]c2c1. The number of rotatable bonds is 6. The van der Waals surface area contributed by atoms with Crippen LogP contribution >= 0.6 is 11.6 Å². The Morgan fingerprint density at radius 1 is 1.12 bits per heavy atom. The molecule has 0 aliphatic rings. The summed E-state index contributed by atoms with van der Waals surface area (Å²) in [5.41, 5.74) is 3.69. The molecule has 0 radical (unpaired) electrons. The Balaban J connectivity index is 1.69. The molecule has 1 N–H and O–H groups in total. The van der Waals surface area contributed by atoms with Gasteiger partial charge in [0.2, 0.25) is 11.1 Å². The molecule has 0 bridgehead atoms. The Kier molecular flexibility index (Phi) is 5.46. The summed E-state index contributed by atoms with van der Waals surface area (Å²) in [7, 11) is 0. The fourth-order valence-corrected chi connectivity index (χ4v) is 3.07. The summed E-state index contributed by atoms with van der Waals surface area (Å²) >= 11 is 5.89. The Morgan fingerprint density at radius 3 is 2.65 bits per heavy atom. The number of hydrogen-bond donors (Lipinski definition) is 1. The minimum atomic E-state index is -4.47. The van der Waals surface area contributed by atoms with Gasteiger partial charge in [-0.3, -0.25) is 0 Å². The Hall–Kier alpha value is -2.15. The van der Waals surface area contributed by atoms with Gasteiger partial charge in [0.15, 0.2) is 0 Å². The van der Waals surface area contributed by atoms with Crippen LogP contribution in [0.1, 0.15) is 42.4 Å². The number of hydrogen-bond acceptors (Lipinski definition) is 3. The lowest BCUT2D eigenvalue weighted by atomic mass is 10.0. The van der Waals surface area contributed by atoms with Crippen LogP contribution in [-0.4, -0.2) is 19.9 Å². The molecule has 1 aromatic carbocycles. The predicted octanol–water partition coefficient (Wildman–Crippen LogP) is 5.15. The summed E-state index contributed by atoms with van der Waals surface area (Å²) in [6, 6.07) is 5.14. The van der Waals surface area contributed by atoms with Crippen molar-refractivity contribution in [3.8, 4) is 0 Å². The zero-order valence-electron chi connectivity index (χ0n) is 14.2. The van der Waals surface area contributed by atoms with E-state index in [4.69, 9.17) is 11.6 Å². The molecular formula is C18H18ClF3N4. The number of nitrogens with one attached hydrogen (secondary N) is 1. The molecule has 138 valence electrons. The second-order valence-corrected chi connectivity index (χ2v) is 6.49. The van der Waals surface area contributed by atoms with E-state index >= 15 is 0 Å². The van der Waals surface area contributed by atoms with E-state index in [2.05, 4.69) is 26.9 Å². The largest absolute Gasteiger partial charge is 0.449 e. The highest BCUT2D eigenvalue weighted by Crippen LogP contribution is 2.28. The molecule has 4 nitrogen and oxygen atoms in total. The minimum Gasteiger partial charge on any atom is -0.334 e. The number of aromatic amines is 1. The molecule has 0 unspecified atom stereocenters. The lowest BCUT2D eigenvalue weighted by Crippen LogP contribution is -2.06. The summed E-state index contributed by atoms with van der Waals surface area (Å²) < 4.78 is 38.2. The van der Waals surface area contributed by atoms with E-state index in [1.54, 1.807) is 18.3 Å². The van der Waals surface area contributed by atoms with Crippen LogP contribution in [-0.2, 0) is 25.4 Å². The maximum atomic E-state index is 12.7. The van der Waals surface area contributed by atoms with Gasteiger partial charge in [-0.2, -0.15) is 13.2 Å². The van der Waals surface area contributed by atoms with E-state index in [0.29, 0.717) is 11.0 Å². The smallest absolute Gasteiger partial charge is 0.334 e. The number of fused-ring (bicyclic) bond motifs is 1. The van der Waals surface area contributed by atoms with Crippen molar-refractivity contribution in [1.82, 2.24) is 19.9 Å². The van der Waals surface area contributed by atoms with E-state index in [9.17, 15) is 13.2 Å². The molecule has 3 rings (SSSR count). The van der Waals surface area contributed by atoms with Gasteiger partial charge in [0.25, 0.3) is 0 Å². The summed E-state index contributed by atoms with van der Waals surface area (Å²) in [6.07, 6.45) is 1.47. The zero-order valence-corrected chi connectivity index (χ0v) is 15.0. The zero-order chi connectivity index (χ0) is 18.7. The summed E-state index contributed by atoms with van der Waals surface area (Å²) in [4.78, 5) is 14.3. The molecule has 0 aliphatic heterocycles. The number of halogens is 4. The quantitative estimate of drug-likeness (QED) is 0.599. The number of imidazole rings is 1. The van der Waals surface area contributed by atoms with Gasteiger partial charge in [-0.15, -0.1) is 0 Å². The van der Waals surface area contributed by atoms with E-state index in [1.807, 2.05) is 6.07 Å². The molecule has 0 spiro atoms. The number of benzene rings is 1. The van der Waals surface area contributed by atoms with Crippen molar-refractivity contribution in [3.05, 3.63) is 52.3 Å². The van der Waals surface area contributed by atoms with Gasteiger partial charge in [-0.25, -0.2) is 15.0 Å². The van der Waals surface area contributed by atoms with Crippen LogP contribution in [0.25, 0.3) is 11.0 Å². The summed E-state index contributed by atoms with van der Waals surface area (Å²) in [5.74, 6) is -0.968. The third-order valence-electron chi connectivity index (χ3n) is 4.14. The molecule has 0 saturated carbocycles. The number of alkyl halides is 3. The normalized spacial score (nSPS) is 12.0. The van der Waals surface area contributed by atoms with Crippen LogP contribution < -0.4 is 0 Å². The van der Waals surface area contributed by atoms with Gasteiger partial charge in [0.05, 0.1) is 11.0 Å². The van der Waals surface area contributed by atoms with Crippen molar-refractivity contribution in [2.45, 2.75) is 45.2 Å². The lowest BCUT2D eigenvalue weighted by Gasteiger charge is -2.08. The lowest BCUT2D eigenvalue weighted by molar-refractivity contribution is -0.144. The first-order valence-corrected chi connectivity index (χ1v) is 8.80. The van der Waals surface area contributed by atoms with Crippen molar-refractivity contribution >= 4 is 22.6 Å². The van der Waals surface area contributed by atoms with Gasteiger partial charge >= 0.3 is 6.18 Å². The van der Waals surface area contributed by atoms with E-state index in [0.717, 1.165) is 48.9 Å². The van der Waals surface area contributed by atoms with E-state index < -0.39 is 12.0 Å². The maximum Gasteiger partial charge on any atom is 0.449 e. The van der Waals surface area contributed by atoms with Crippen molar-refractivity contribution < 1.29 is 13.2 Å². The minimum absolute atomic E-state index is 0.235. The first kappa shape index (κ1) is 18.6. The molecule has 8 heteroatoms. The van der Waals surface area contributed by atoms with Crippen molar-refractivity contribution in [2.75, 3.05) is 0 Å². The molecule has 2 heterocycles. The molecule has 26 heavy (non-hydrogen) atoms. The molecule has 0 saturated heterocycles. The van der Waals surface area contributed by atoms with Gasteiger partial charge < -0.3 is 4.98 Å². The number of aryl methyl sites for hydroxylation is 3. The van der Waals surface area contributed by atoms with Crippen molar-refractivity contribution in [3.63, 3.8) is 0 Å². The summed E-state index contributed by atoms with van der Waals surface area (Å²) in [5, 5.41) is 0.235. The average Bonchev–Trinajstić information content (AvgIpc) is 3.01. The second kappa shape index (κ2) is 7.61. The van der Waals surface area contributed by atoms with Crippen LogP contribution in [0.15, 0.2) is 24.4 Å². The Bertz CT molecular complexity index is 905. The van der Waals surface area contributed by atoms with Gasteiger partial charge in [0, 0.05) is 11.9 Å². The topological polar surface area (TPSA) is 54.5 Å². The van der Waals surface area contributed by atoms with Gasteiger partial charge in [0.1, 0.15) is 0 Å². The maximum absolute atomic E-state index is 12.7. The van der Waals surface area contributed by atoms with Crippen LogP contribution in [0.5, 0.6) is 0 Å². The highest BCUT2D eigenvalue weighted by Gasteiger charge is 2.34. The highest BCUT2D eigenvalue weighted by atomic mass is 35.5. The molecule has 0 fully saturated rings. The molecule has 0 aliphatic carbocycles. The highest BCUT2D eigenvalue weighted by molar-refractivity contribution is 6.28. The van der Waals surface area contributed by atoms with Crippen molar-refractivity contribution in [2.24, 2.45) is 0 Å². The number of H-pyrrole nitrogens is 1. The second-order valence-electron chi connectivity index (χ2n) is 6.15. The van der Waals surface area contributed by atoms with Crippen LogP contribution in [0.4, 0.5) is 13.2 Å². The van der Waals surface area contributed by atoms with E-state index in [1.165, 1.54) is 0 Å². The fraction of sp³-hybridized carbons (Fsp3) is 0.389. The third-order valence-corrected chi connectivity index (χ3v) is 4.32. The van der Waals surface area contributed by atoms with Gasteiger partial charge in [-0.1, -0.05) is 19.4 Å². The number of nitrogens with zero attached hydrogens (tertiary/aromatic N) is 3. The molecule has 2 aromatic heterocycles. The van der Waals surface area contributed by atoms with Crippen molar-refractivity contribution in [1.29, 1.82) is 0 Å². The Labute approximate surface area is 153 Å². The summed E-state index contributed by atoms with van der Waals surface area (Å²) in [6.45, 7) is 2.09. The van der Waals surface area contributed by atoms with Crippen LogP contribution in [0, 0.1) is 0 Å². The molecule has 0 atom stereocenters. The third kappa shape index (κ3) is 4.33. The fourth-order valence-electron chi connectivity index (χ4n) is 2.92. The average molecular weight is 383 g/mol. The Morgan fingerprint density at radius 2 is 1.92 bits per heavy atom. The van der Waals surface area contributed by atoms with Crippen LogP contribution in [0.3, 0.4) is 0 Å². The first-order valence-electron chi connectivity index (χ1n) is 8.43. The first-order chi connectivity index (χ1) is 12.4. The van der Waals surface area contributed by atoms with E-state index in [-0.39, 0.29) is 5.28 Å².